The molecule has 0 atom stereocenters. The first-order chi connectivity index (χ1) is 11.5. The Labute approximate surface area is 143 Å². The van der Waals surface area contributed by atoms with Crippen LogP contribution in [0.15, 0.2) is 59.8 Å². The predicted octanol–water partition coefficient (Wildman–Crippen LogP) is 2.59. The van der Waals surface area contributed by atoms with Crippen LogP contribution in [0.5, 0.6) is 0 Å². The molecule has 0 saturated carbocycles. The fourth-order valence-electron chi connectivity index (χ4n) is 1.98. The van der Waals surface area contributed by atoms with Crippen molar-refractivity contribution in [2.75, 3.05) is 4.72 Å². The Morgan fingerprint density at radius 3 is 2.54 bits per heavy atom. The Morgan fingerprint density at radius 2 is 1.92 bits per heavy atom. The maximum absolute atomic E-state index is 12.5. The van der Waals surface area contributed by atoms with Crippen LogP contribution in [0.1, 0.15) is 5.56 Å². The number of nitrogens with zero attached hydrogens (tertiary/aromatic N) is 4. The van der Waals surface area contributed by atoms with E-state index in [4.69, 9.17) is 11.6 Å². The summed E-state index contributed by atoms with van der Waals surface area (Å²) in [5.74, 6) is 0.402. The number of sulfonamides is 1. The van der Waals surface area contributed by atoms with Crippen LogP contribution < -0.4 is 4.72 Å². The Balaban J connectivity index is 2.05. The normalized spacial score (nSPS) is 11.0. The van der Waals surface area contributed by atoms with Crippen LogP contribution in [-0.2, 0) is 10.0 Å². The van der Waals surface area contributed by atoms with Crippen LogP contribution in [0.4, 0.5) is 5.82 Å². The third-order valence-electron chi connectivity index (χ3n) is 3.11. The van der Waals surface area contributed by atoms with E-state index < -0.39 is 10.0 Å². The molecule has 24 heavy (non-hydrogen) atoms. The van der Waals surface area contributed by atoms with Gasteiger partial charge < -0.3 is 0 Å². The fraction of sp³-hybridized carbons (Fsp3) is 0. The Bertz CT molecular complexity index is 1010. The summed E-state index contributed by atoms with van der Waals surface area (Å²) in [6, 6.07) is 12.7. The van der Waals surface area contributed by atoms with Gasteiger partial charge in [-0.1, -0.05) is 17.7 Å². The van der Waals surface area contributed by atoms with E-state index in [0.29, 0.717) is 10.8 Å². The lowest BCUT2D eigenvalue weighted by atomic mass is 10.4. The molecule has 0 aliphatic carbocycles. The molecule has 0 unspecified atom stereocenters. The lowest BCUT2D eigenvalue weighted by Gasteiger charge is -2.10. The summed E-state index contributed by atoms with van der Waals surface area (Å²) in [6.07, 6.45) is 2.81. The van der Waals surface area contributed by atoms with Crippen LogP contribution in [0, 0.1) is 11.3 Å². The first-order valence-corrected chi connectivity index (χ1v) is 8.55. The predicted molar refractivity (Wildman–Crippen MR) is 88.3 cm³/mol. The highest BCUT2D eigenvalue weighted by atomic mass is 35.5. The summed E-state index contributed by atoms with van der Waals surface area (Å²) in [4.78, 5) is 4.13. The zero-order chi connectivity index (χ0) is 17.2. The number of anilines is 1. The molecule has 0 aliphatic heterocycles. The molecule has 2 aromatic heterocycles. The monoisotopic (exact) mass is 359 g/mol. The molecule has 2 heterocycles. The van der Waals surface area contributed by atoms with Crippen molar-refractivity contribution in [1.82, 2.24) is 14.8 Å². The van der Waals surface area contributed by atoms with Gasteiger partial charge in [-0.25, -0.2) is 13.4 Å². The van der Waals surface area contributed by atoms with Gasteiger partial charge in [-0.15, -0.1) is 0 Å². The Morgan fingerprint density at radius 1 is 1.17 bits per heavy atom. The van der Waals surface area contributed by atoms with Crippen molar-refractivity contribution >= 4 is 27.4 Å². The van der Waals surface area contributed by atoms with Gasteiger partial charge in [-0.05, 0) is 36.4 Å². The summed E-state index contributed by atoms with van der Waals surface area (Å²) in [7, 11) is -3.91. The van der Waals surface area contributed by atoms with Gasteiger partial charge in [0.2, 0.25) is 0 Å². The molecule has 120 valence electrons. The maximum Gasteiger partial charge on any atom is 0.263 e. The first kappa shape index (κ1) is 16.0. The molecule has 9 heteroatoms. The number of pyridine rings is 1. The molecule has 1 aromatic carbocycles. The second-order valence-electron chi connectivity index (χ2n) is 4.68. The average Bonchev–Trinajstić information content (AvgIpc) is 2.98. The first-order valence-electron chi connectivity index (χ1n) is 6.69. The van der Waals surface area contributed by atoms with E-state index in [0.717, 1.165) is 0 Å². The number of nitrogens with one attached hydrogen (secondary N) is 1. The lowest BCUT2D eigenvalue weighted by molar-refractivity contribution is 0.600. The number of hydrogen-bond donors (Lipinski definition) is 1. The van der Waals surface area contributed by atoms with Crippen LogP contribution in [0.25, 0.3) is 5.82 Å². The molecule has 0 fully saturated rings. The van der Waals surface area contributed by atoms with Crippen molar-refractivity contribution in [3.8, 4) is 11.9 Å². The van der Waals surface area contributed by atoms with E-state index in [9.17, 15) is 13.7 Å². The number of hydrogen-bond acceptors (Lipinski definition) is 5. The average molecular weight is 360 g/mol. The number of aromatic nitrogens is 3. The van der Waals surface area contributed by atoms with Gasteiger partial charge in [0.1, 0.15) is 11.6 Å². The van der Waals surface area contributed by atoms with Gasteiger partial charge in [0.05, 0.1) is 11.1 Å². The van der Waals surface area contributed by atoms with Gasteiger partial charge in [0, 0.05) is 11.2 Å². The largest absolute Gasteiger partial charge is 0.263 e. The smallest absolute Gasteiger partial charge is 0.262 e. The number of rotatable bonds is 4. The molecule has 1 N–H and O–H groups in total. The van der Waals surface area contributed by atoms with Crippen molar-refractivity contribution in [3.05, 3.63) is 65.4 Å². The molecule has 0 aliphatic rings. The summed E-state index contributed by atoms with van der Waals surface area (Å²) in [6.45, 7) is 0. The molecule has 3 aromatic rings. The van der Waals surface area contributed by atoms with E-state index in [1.165, 1.54) is 35.1 Å². The highest BCUT2D eigenvalue weighted by Crippen LogP contribution is 2.23. The van der Waals surface area contributed by atoms with Gasteiger partial charge >= 0.3 is 0 Å². The molecule has 3 rings (SSSR count). The van der Waals surface area contributed by atoms with E-state index in [-0.39, 0.29) is 16.3 Å². The van der Waals surface area contributed by atoms with E-state index in [1.54, 1.807) is 24.4 Å². The highest BCUT2D eigenvalue weighted by molar-refractivity contribution is 7.92. The van der Waals surface area contributed by atoms with E-state index in [1.807, 2.05) is 6.07 Å². The van der Waals surface area contributed by atoms with Gasteiger partial charge in [-0.2, -0.15) is 15.0 Å². The summed E-state index contributed by atoms with van der Waals surface area (Å²) in [5.41, 5.74) is 0.0817. The van der Waals surface area contributed by atoms with E-state index >= 15 is 0 Å². The van der Waals surface area contributed by atoms with E-state index in [2.05, 4.69) is 14.8 Å². The lowest BCUT2D eigenvalue weighted by Crippen LogP contribution is -2.17. The van der Waals surface area contributed by atoms with Crippen molar-refractivity contribution in [1.29, 1.82) is 5.26 Å². The van der Waals surface area contributed by atoms with Gasteiger partial charge in [0.25, 0.3) is 10.0 Å². The molecular weight excluding hydrogens is 350 g/mol. The molecule has 0 saturated heterocycles. The summed E-state index contributed by atoms with van der Waals surface area (Å²) < 4.78 is 28.7. The minimum Gasteiger partial charge on any atom is -0.262 e. The zero-order valence-electron chi connectivity index (χ0n) is 12.1. The summed E-state index contributed by atoms with van der Waals surface area (Å²) in [5, 5.41) is 13.7. The SMILES string of the molecule is N#Cc1cnn(-c2ccccn2)c1NS(=O)(=O)c1ccc(Cl)cc1. The van der Waals surface area contributed by atoms with Crippen LogP contribution in [0.2, 0.25) is 5.02 Å². The Kier molecular flexibility index (Phi) is 4.20. The second-order valence-corrected chi connectivity index (χ2v) is 6.80. The molecule has 0 amide bonds. The Hall–Kier alpha value is -2.89. The zero-order valence-corrected chi connectivity index (χ0v) is 13.7. The third-order valence-corrected chi connectivity index (χ3v) is 4.72. The van der Waals surface area contributed by atoms with Gasteiger partial charge in [-0.3, -0.25) is 4.72 Å². The van der Waals surface area contributed by atoms with Crippen molar-refractivity contribution in [2.24, 2.45) is 0 Å². The second kappa shape index (κ2) is 6.31. The fourth-order valence-corrected chi connectivity index (χ4v) is 3.17. The van der Waals surface area contributed by atoms with Crippen LogP contribution in [-0.4, -0.2) is 23.2 Å². The third kappa shape index (κ3) is 3.08. The summed E-state index contributed by atoms with van der Waals surface area (Å²) >= 11 is 5.78. The number of benzene rings is 1. The highest BCUT2D eigenvalue weighted by Gasteiger charge is 2.21. The standard InChI is InChI=1S/C15H10ClN5O2S/c16-12-4-6-13(7-5-12)24(22,23)20-15-11(9-17)10-19-21(15)14-3-1-2-8-18-14/h1-8,10,20H. The maximum atomic E-state index is 12.5. The van der Waals surface area contributed by atoms with Crippen LogP contribution >= 0.6 is 11.6 Å². The van der Waals surface area contributed by atoms with Gasteiger partial charge in [0.15, 0.2) is 11.6 Å². The topological polar surface area (TPSA) is 101 Å². The minimum absolute atomic E-state index is 0.0181. The molecule has 0 spiro atoms. The van der Waals surface area contributed by atoms with Crippen molar-refractivity contribution < 1.29 is 8.42 Å². The molecular formula is C15H10ClN5O2S. The van der Waals surface area contributed by atoms with Crippen molar-refractivity contribution in [2.45, 2.75) is 4.90 Å². The van der Waals surface area contributed by atoms with Crippen molar-refractivity contribution in [3.63, 3.8) is 0 Å². The molecule has 0 radical (unpaired) electrons. The minimum atomic E-state index is -3.91. The quantitative estimate of drug-likeness (QED) is 0.771. The molecule has 0 bridgehead atoms. The number of halogens is 1. The van der Waals surface area contributed by atoms with Crippen LogP contribution in [0.3, 0.4) is 0 Å². The molecule has 7 nitrogen and oxygen atoms in total. The number of nitriles is 1.